The van der Waals surface area contributed by atoms with E-state index in [0.717, 1.165) is 19.3 Å². The number of nitrogens with zero attached hydrogens (tertiary/aromatic N) is 1. The van der Waals surface area contributed by atoms with E-state index in [1.165, 1.54) is 0 Å². The van der Waals surface area contributed by atoms with Crippen LogP contribution >= 0.6 is 15.6 Å². The summed E-state index contributed by atoms with van der Waals surface area (Å²) in [5.74, 6) is -3.07. The Bertz CT molecular complexity index is 369. The van der Waals surface area contributed by atoms with E-state index in [-0.39, 0.29) is 6.54 Å². The average molecular weight is 351 g/mol. The van der Waals surface area contributed by atoms with E-state index >= 15 is 0 Å². The van der Waals surface area contributed by atoms with E-state index in [9.17, 15) is 14.2 Å². The fourth-order valence-corrected chi connectivity index (χ4v) is 2.61. The van der Waals surface area contributed by atoms with Crippen LogP contribution in [0.2, 0.25) is 0 Å². The fourth-order valence-electron chi connectivity index (χ4n) is 1.56. The smallest absolute Gasteiger partial charge is 0.343 e. The highest BCUT2D eigenvalue weighted by Gasteiger charge is 2.42. The van der Waals surface area contributed by atoms with E-state index < -0.39 is 28.0 Å². The van der Waals surface area contributed by atoms with Crippen molar-refractivity contribution in [2.45, 2.75) is 38.6 Å². The molecular formula is C9H23NO9P2. The summed E-state index contributed by atoms with van der Waals surface area (Å²) in [7, 11) is -8.71. The first-order valence-corrected chi connectivity index (χ1v) is 9.36. The molecule has 0 saturated carbocycles. The van der Waals surface area contributed by atoms with Gasteiger partial charge in [0.25, 0.3) is 5.97 Å². The van der Waals surface area contributed by atoms with Crippen LogP contribution in [0.1, 0.15) is 32.6 Å². The molecule has 0 radical (unpaired) electrons. The van der Waals surface area contributed by atoms with Gasteiger partial charge in [-0.25, -0.2) is 18.2 Å². The van der Waals surface area contributed by atoms with Gasteiger partial charge >= 0.3 is 15.6 Å². The van der Waals surface area contributed by atoms with Gasteiger partial charge in [-0.1, -0.05) is 19.8 Å². The molecule has 0 aromatic rings. The molecule has 0 rings (SSSR count). The van der Waals surface area contributed by atoms with Gasteiger partial charge in [-0.05, 0) is 20.0 Å². The third-order valence-electron chi connectivity index (χ3n) is 2.48. The lowest BCUT2D eigenvalue weighted by Gasteiger charge is -2.29. The Morgan fingerprint density at radius 1 is 1.00 bits per heavy atom. The van der Waals surface area contributed by atoms with Crippen molar-refractivity contribution < 1.29 is 42.9 Å². The molecule has 10 nitrogen and oxygen atoms in total. The van der Waals surface area contributed by atoms with Gasteiger partial charge in [0.1, 0.15) is 0 Å². The minimum absolute atomic E-state index is 0.0558. The molecule has 5 N–H and O–H groups in total. The molecule has 0 aliphatic carbocycles. The second-order valence-corrected chi connectivity index (χ2v) is 6.96. The molecule has 0 atom stereocenters. The molecule has 0 heterocycles. The molecule has 0 amide bonds. The van der Waals surface area contributed by atoms with Crippen LogP contribution < -0.4 is 0 Å². The van der Waals surface area contributed by atoms with Crippen molar-refractivity contribution in [2.24, 2.45) is 0 Å². The first-order valence-electron chi connectivity index (χ1n) is 6.30. The lowest BCUT2D eigenvalue weighted by Crippen LogP contribution is -2.38. The zero-order valence-corrected chi connectivity index (χ0v) is 13.7. The third-order valence-corrected chi connectivity index (χ3v) is 3.52. The van der Waals surface area contributed by atoms with Crippen LogP contribution in [0.15, 0.2) is 0 Å². The van der Waals surface area contributed by atoms with Gasteiger partial charge in [-0.15, -0.1) is 0 Å². The maximum Gasteiger partial charge on any atom is 0.473 e. The molecular weight excluding hydrogens is 328 g/mol. The highest BCUT2D eigenvalue weighted by atomic mass is 31.2. The van der Waals surface area contributed by atoms with E-state index in [4.69, 9.17) is 19.6 Å². The van der Waals surface area contributed by atoms with Gasteiger partial charge in [0.2, 0.25) is 0 Å². The van der Waals surface area contributed by atoms with Gasteiger partial charge < -0.3 is 29.6 Å². The second-order valence-electron chi connectivity index (χ2n) is 4.64. The Kier molecular flexibility index (Phi) is 8.75. The van der Waals surface area contributed by atoms with Crippen molar-refractivity contribution in [3.63, 3.8) is 0 Å². The molecule has 0 saturated heterocycles. The van der Waals surface area contributed by atoms with E-state index in [2.05, 4.69) is 9.05 Å². The summed E-state index contributed by atoms with van der Waals surface area (Å²) in [6.07, 6.45) is 2.34. The van der Waals surface area contributed by atoms with Crippen LogP contribution in [0.3, 0.4) is 0 Å². The van der Waals surface area contributed by atoms with Gasteiger partial charge in [-0.3, -0.25) is 0 Å². The largest absolute Gasteiger partial charge is 0.473 e. The van der Waals surface area contributed by atoms with Crippen LogP contribution in [-0.4, -0.2) is 55.7 Å². The molecule has 0 unspecified atom stereocenters. The molecule has 0 aromatic carbocycles. The number of aliphatic hydroxyl groups is 1. The minimum atomic E-state index is -5.20. The summed E-state index contributed by atoms with van der Waals surface area (Å²) in [5, 5.41) is 9.75. The topological polar surface area (TPSA) is 157 Å². The summed E-state index contributed by atoms with van der Waals surface area (Å²) in [6, 6.07) is 0. The molecule has 0 aliphatic heterocycles. The Morgan fingerprint density at radius 2 is 1.48 bits per heavy atom. The van der Waals surface area contributed by atoms with Crippen molar-refractivity contribution in [2.75, 3.05) is 20.1 Å². The number of phosphoric ester groups is 2. The molecule has 128 valence electrons. The van der Waals surface area contributed by atoms with Crippen molar-refractivity contribution in [1.29, 1.82) is 0 Å². The molecule has 0 fully saturated rings. The predicted octanol–water partition coefficient (Wildman–Crippen LogP) is 0.363. The standard InChI is InChI=1S/C9H23NO9P2/c1-3-4-5-7-10(2)8-6-9(11,18-20(12,13)14)19-21(15,16)17/h11H,3-8H2,1-2H3,(H2,12,13,14)(H2,15,16,17). The van der Waals surface area contributed by atoms with Gasteiger partial charge in [0, 0.05) is 13.0 Å². The summed E-state index contributed by atoms with van der Waals surface area (Å²) in [6.45, 7) is 2.73. The zero-order chi connectivity index (χ0) is 16.7. The van der Waals surface area contributed by atoms with Gasteiger partial charge in [-0.2, -0.15) is 0 Å². The number of hydrogen-bond donors (Lipinski definition) is 5. The lowest BCUT2D eigenvalue weighted by atomic mass is 10.2. The quantitative estimate of drug-likeness (QED) is 0.200. The minimum Gasteiger partial charge on any atom is -0.343 e. The number of unbranched alkanes of at least 4 members (excludes halogenated alkanes) is 2. The van der Waals surface area contributed by atoms with E-state index in [0.29, 0.717) is 6.54 Å². The van der Waals surface area contributed by atoms with Gasteiger partial charge in [0.15, 0.2) is 0 Å². The monoisotopic (exact) mass is 351 g/mol. The summed E-state index contributed by atoms with van der Waals surface area (Å²) in [4.78, 5) is 36.4. The lowest BCUT2D eigenvalue weighted by molar-refractivity contribution is -0.290. The van der Waals surface area contributed by atoms with Crippen molar-refractivity contribution in [1.82, 2.24) is 4.90 Å². The summed E-state index contributed by atoms with van der Waals surface area (Å²) < 4.78 is 29.4. The molecule has 0 aromatic heterocycles. The highest BCUT2D eigenvalue weighted by Crippen LogP contribution is 2.49. The van der Waals surface area contributed by atoms with Crippen LogP contribution in [-0.2, 0) is 18.2 Å². The fraction of sp³-hybridized carbons (Fsp3) is 1.00. The summed E-state index contributed by atoms with van der Waals surface area (Å²) in [5.41, 5.74) is 0. The van der Waals surface area contributed by atoms with Gasteiger partial charge in [0.05, 0.1) is 0 Å². The SMILES string of the molecule is CCCCCN(C)CCC(O)(OP(=O)(O)O)OP(=O)(O)O. The first-order chi connectivity index (χ1) is 9.37. The average Bonchev–Trinajstić information content (AvgIpc) is 2.21. The molecule has 0 spiro atoms. The number of rotatable bonds is 11. The van der Waals surface area contributed by atoms with Crippen molar-refractivity contribution in [3.05, 3.63) is 0 Å². The Labute approximate surface area is 123 Å². The Morgan fingerprint density at radius 3 is 1.86 bits per heavy atom. The molecule has 21 heavy (non-hydrogen) atoms. The molecule has 0 bridgehead atoms. The second kappa shape index (κ2) is 8.69. The predicted molar refractivity (Wildman–Crippen MR) is 72.8 cm³/mol. The maximum atomic E-state index is 10.8. The van der Waals surface area contributed by atoms with Crippen LogP contribution in [0.25, 0.3) is 0 Å². The summed E-state index contributed by atoms with van der Waals surface area (Å²) >= 11 is 0. The van der Waals surface area contributed by atoms with Crippen molar-refractivity contribution in [3.8, 4) is 0 Å². The van der Waals surface area contributed by atoms with E-state index in [1.807, 2.05) is 6.92 Å². The molecule has 0 aliphatic rings. The van der Waals surface area contributed by atoms with Crippen LogP contribution in [0.5, 0.6) is 0 Å². The first kappa shape index (κ1) is 21.1. The third kappa shape index (κ3) is 12.4. The molecule has 12 heteroatoms. The number of phosphoric acid groups is 2. The Hall–Kier alpha value is 0.140. The number of hydrogen-bond acceptors (Lipinski definition) is 6. The zero-order valence-electron chi connectivity index (χ0n) is 12.0. The van der Waals surface area contributed by atoms with E-state index in [1.54, 1.807) is 11.9 Å². The van der Waals surface area contributed by atoms with Crippen molar-refractivity contribution >= 4 is 15.6 Å². The highest BCUT2D eigenvalue weighted by molar-refractivity contribution is 7.47. The van der Waals surface area contributed by atoms with Crippen LogP contribution in [0, 0.1) is 0 Å². The normalized spacial score (nSPS) is 13.9. The van der Waals surface area contributed by atoms with Crippen LogP contribution in [0.4, 0.5) is 0 Å². The Balaban J connectivity index is 4.61. The maximum absolute atomic E-state index is 10.8.